The van der Waals surface area contributed by atoms with Crippen LogP contribution in [0.2, 0.25) is 0 Å². The van der Waals surface area contributed by atoms with Crippen molar-refractivity contribution in [2.24, 2.45) is 5.92 Å². The van der Waals surface area contributed by atoms with Gasteiger partial charge in [0.15, 0.2) is 6.61 Å². The minimum atomic E-state index is -3.74. The second kappa shape index (κ2) is 9.57. The van der Waals surface area contributed by atoms with Crippen molar-refractivity contribution in [3.63, 3.8) is 0 Å². The van der Waals surface area contributed by atoms with Crippen molar-refractivity contribution in [1.29, 1.82) is 0 Å². The molecule has 0 radical (unpaired) electrons. The van der Waals surface area contributed by atoms with E-state index in [0.717, 1.165) is 23.3 Å². The molecule has 1 aliphatic heterocycles. The van der Waals surface area contributed by atoms with Crippen LogP contribution in [0.1, 0.15) is 24.0 Å². The lowest BCUT2D eigenvalue weighted by molar-refractivity contribution is -0.152. The smallest absolute Gasteiger partial charge is 0.309 e. The Labute approximate surface area is 181 Å². The Bertz CT molecular complexity index is 1060. The third-order valence-corrected chi connectivity index (χ3v) is 7.29. The fourth-order valence-electron chi connectivity index (χ4n) is 3.36. The van der Waals surface area contributed by atoms with Crippen molar-refractivity contribution < 1.29 is 27.1 Å². The summed E-state index contributed by atoms with van der Waals surface area (Å²) in [7, 11) is -3.74. The summed E-state index contributed by atoms with van der Waals surface area (Å²) in [6.45, 7) is 3.80. The molecule has 166 valence electrons. The molecule has 3 rings (SSSR count). The van der Waals surface area contributed by atoms with Gasteiger partial charge in [0.05, 0.1) is 10.8 Å². The third kappa shape index (κ3) is 5.68. The molecule has 0 spiro atoms. The van der Waals surface area contributed by atoms with E-state index in [0.29, 0.717) is 5.69 Å². The molecule has 1 saturated heterocycles. The van der Waals surface area contributed by atoms with Crippen molar-refractivity contribution in [3.8, 4) is 0 Å². The lowest BCUT2D eigenvalue weighted by atomic mass is 9.98. The number of anilines is 1. The van der Waals surface area contributed by atoms with Crippen LogP contribution in [0, 0.1) is 25.6 Å². The molecule has 31 heavy (non-hydrogen) atoms. The maximum atomic E-state index is 13.1. The molecular formula is C22H25FN2O5S. The highest BCUT2D eigenvalue weighted by atomic mass is 32.2. The molecule has 1 amide bonds. The summed E-state index contributed by atoms with van der Waals surface area (Å²) in [5.41, 5.74) is 2.78. The Balaban J connectivity index is 1.48. The summed E-state index contributed by atoms with van der Waals surface area (Å²) in [5.74, 6) is -1.95. The number of ether oxygens (including phenoxy) is 1. The molecule has 1 heterocycles. The molecule has 7 nitrogen and oxygen atoms in total. The molecule has 0 atom stereocenters. The van der Waals surface area contributed by atoms with Gasteiger partial charge in [-0.25, -0.2) is 12.8 Å². The Kier molecular flexibility index (Phi) is 7.07. The summed E-state index contributed by atoms with van der Waals surface area (Å²) >= 11 is 0. The van der Waals surface area contributed by atoms with E-state index in [1.807, 2.05) is 26.0 Å². The number of esters is 1. The van der Waals surface area contributed by atoms with E-state index < -0.39 is 40.2 Å². The molecule has 0 saturated carbocycles. The van der Waals surface area contributed by atoms with E-state index in [4.69, 9.17) is 4.74 Å². The van der Waals surface area contributed by atoms with Crippen molar-refractivity contribution in [2.75, 3.05) is 25.0 Å². The molecule has 2 aromatic carbocycles. The molecule has 0 aliphatic carbocycles. The van der Waals surface area contributed by atoms with Crippen LogP contribution in [0.5, 0.6) is 0 Å². The SMILES string of the molecule is Cc1ccc(NC(=O)COC(=O)C2CCN(S(=O)(=O)c3ccc(F)cc3)CC2)cc1C. The van der Waals surface area contributed by atoms with Crippen molar-refractivity contribution >= 4 is 27.6 Å². The summed E-state index contributed by atoms with van der Waals surface area (Å²) in [6.07, 6.45) is 0.579. The number of carbonyl (C=O) groups excluding carboxylic acids is 2. The quantitative estimate of drug-likeness (QED) is 0.686. The number of nitrogens with zero attached hydrogens (tertiary/aromatic N) is 1. The number of piperidine rings is 1. The summed E-state index contributed by atoms with van der Waals surface area (Å²) in [6, 6.07) is 10.1. The summed E-state index contributed by atoms with van der Waals surface area (Å²) in [4.78, 5) is 24.4. The van der Waals surface area contributed by atoms with Gasteiger partial charge in [0.25, 0.3) is 5.91 Å². The van der Waals surface area contributed by atoms with Gasteiger partial charge in [-0.15, -0.1) is 0 Å². The Hall–Kier alpha value is -2.78. The fourth-order valence-corrected chi connectivity index (χ4v) is 4.83. The molecule has 1 aliphatic rings. The van der Waals surface area contributed by atoms with Crippen LogP contribution in [0.25, 0.3) is 0 Å². The Morgan fingerprint density at radius 3 is 2.32 bits per heavy atom. The summed E-state index contributed by atoms with van der Waals surface area (Å²) < 4.78 is 44.7. The first-order valence-corrected chi connectivity index (χ1v) is 11.4. The van der Waals surface area contributed by atoms with Gasteiger partial charge in [0.1, 0.15) is 5.82 Å². The number of benzene rings is 2. The van der Waals surface area contributed by atoms with Gasteiger partial charge in [0.2, 0.25) is 10.0 Å². The highest BCUT2D eigenvalue weighted by Gasteiger charge is 2.33. The molecule has 0 aromatic heterocycles. The highest BCUT2D eigenvalue weighted by molar-refractivity contribution is 7.89. The zero-order chi connectivity index (χ0) is 22.6. The van der Waals surface area contributed by atoms with Gasteiger partial charge in [-0.2, -0.15) is 4.31 Å². The first-order chi connectivity index (χ1) is 14.7. The van der Waals surface area contributed by atoms with Gasteiger partial charge in [-0.1, -0.05) is 6.07 Å². The number of halogens is 1. The molecule has 1 N–H and O–H groups in total. The minimum absolute atomic E-state index is 0.0120. The number of hydrogen-bond donors (Lipinski definition) is 1. The summed E-state index contributed by atoms with van der Waals surface area (Å²) in [5, 5.41) is 2.69. The standard InChI is InChI=1S/C22H25FN2O5S/c1-15-3-6-19(13-16(15)2)24-21(26)14-30-22(27)17-9-11-25(12-10-17)31(28,29)20-7-4-18(23)5-8-20/h3-8,13,17H,9-12,14H2,1-2H3,(H,24,26). The molecule has 2 aromatic rings. The van der Waals surface area contributed by atoms with Crippen LogP contribution in [0.15, 0.2) is 47.4 Å². The molecule has 1 fully saturated rings. The van der Waals surface area contributed by atoms with E-state index in [1.165, 1.54) is 16.4 Å². The van der Waals surface area contributed by atoms with Crippen molar-refractivity contribution in [3.05, 3.63) is 59.4 Å². The van der Waals surface area contributed by atoms with Crippen LogP contribution in [0.3, 0.4) is 0 Å². The molecule has 9 heteroatoms. The van der Waals surface area contributed by atoms with Gasteiger partial charge in [-0.3, -0.25) is 9.59 Å². The van der Waals surface area contributed by atoms with Crippen molar-refractivity contribution in [2.45, 2.75) is 31.6 Å². The van der Waals surface area contributed by atoms with Gasteiger partial charge in [-0.05, 0) is 74.2 Å². The van der Waals surface area contributed by atoms with Crippen LogP contribution < -0.4 is 5.32 Å². The van der Waals surface area contributed by atoms with Gasteiger partial charge >= 0.3 is 5.97 Å². The van der Waals surface area contributed by atoms with Gasteiger partial charge in [0, 0.05) is 18.8 Å². The number of amides is 1. The van der Waals surface area contributed by atoms with E-state index >= 15 is 0 Å². The first kappa shape index (κ1) is 22.9. The molecule has 0 unspecified atom stereocenters. The lowest BCUT2D eigenvalue weighted by Gasteiger charge is -2.30. The van der Waals surface area contributed by atoms with E-state index in [2.05, 4.69) is 5.32 Å². The topological polar surface area (TPSA) is 92.8 Å². The van der Waals surface area contributed by atoms with E-state index in [1.54, 1.807) is 6.07 Å². The minimum Gasteiger partial charge on any atom is -0.455 e. The molecule has 0 bridgehead atoms. The maximum Gasteiger partial charge on any atom is 0.309 e. The predicted octanol–water partition coefficient (Wildman–Crippen LogP) is 3.03. The normalized spacial score (nSPS) is 15.5. The largest absolute Gasteiger partial charge is 0.455 e. The first-order valence-electron chi connectivity index (χ1n) is 9.96. The number of sulfonamides is 1. The van der Waals surface area contributed by atoms with Crippen LogP contribution in [-0.2, 0) is 24.3 Å². The maximum absolute atomic E-state index is 13.1. The average molecular weight is 449 g/mol. The van der Waals surface area contributed by atoms with E-state index in [9.17, 15) is 22.4 Å². The van der Waals surface area contributed by atoms with Crippen LogP contribution in [-0.4, -0.2) is 44.3 Å². The predicted molar refractivity (Wildman–Crippen MR) is 113 cm³/mol. The Morgan fingerprint density at radius 1 is 1.06 bits per heavy atom. The van der Waals surface area contributed by atoms with Crippen molar-refractivity contribution in [1.82, 2.24) is 4.31 Å². The zero-order valence-corrected chi connectivity index (χ0v) is 18.2. The number of aryl methyl sites for hydroxylation is 2. The van der Waals surface area contributed by atoms with E-state index in [-0.39, 0.29) is 30.8 Å². The zero-order valence-electron chi connectivity index (χ0n) is 17.4. The number of carbonyl (C=O) groups is 2. The van der Waals surface area contributed by atoms with Crippen LogP contribution >= 0.6 is 0 Å². The van der Waals surface area contributed by atoms with Crippen LogP contribution in [0.4, 0.5) is 10.1 Å². The lowest BCUT2D eigenvalue weighted by Crippen LogP contribution is -2.40. The number of hydrogen-bond acceptors (Lipinski definition) is 5. The second-order valence-corrected chi connectivity index (χ2v) is 9.53. The Morgan fingerprint density at radius 2 is 1.71 bits per heavy atom. The number of nitrogens with one attached hydrogen (secondary N) is 1. The van der Waals surface area contributed by atoms with Gasteiger partial charge < -0.3 is 10.1 Å². The fraction of sp³-hybridized carbons (Fsp3) is 0.364. The monoisotopic (exact) mass is 448 g/mol. The molecular weight excluding hydrogens is 423 g/mol. The second-order valence-electron chi connectivity index (χ2n) is 7.59. The number of rotatable bonds is 6. The highest BCUT2D eigenvalue weighted by Crippen LogP contribution is 2.25. The average Bonchev–Trinajstić information content (AvgIpc) is 2.75. The third-order valence-electron chi connectivity index (χ3n) is 5.37.